The Labute approximate surface area is 110 Å². The summed E-state index contributed by atoms with van der Waals surface area (Å²) in [5.74, 6) is 0.0697. The van der Waals surface area contributed by atoms with Crippen LogP contribution in [0.25, 0.3) is 0 Å². The van der Waals surface area contributed by atoms with Crippen LogP contribution in [0.3, 0.4) is 0 Å². The summed E-state index contributed by atoms with van der Waals surface area (Å²) in [6.45, 7) is 1.38. The van der Waals surface area contributed by atoms with Gasteiger partial charge in [0.25, 0.3) is 0 Å². The van der Waals surface area contributed by atoms with Crippen molar-refractivity contribution in [2.24, 2.45) is 0 Å². The van der Waals surface area contributed by atoms with E-state index in [1.165, 1.54) is 23.9 Å². The molecule has 3 nitrogen and oxygen atoms in total. The Kier molecular flexibility index (Phi) is 5.01. The Hall–Kier alpha value is -1.07. The van der Waals surface area contributed by atoms with Gasteiger partial charge in [0.1, 0.15) is 5.82 Å². The van der Waals surface area contributed by atoms with Crippen molar-refractivity contribution in [2.45, 2.75) is 23.8 Å². The second-order valence-electron chi connectivity index (χ2n) is 4.18. The first-order valence-electron chi connectivity index (χ1n) is 6.01. The largest absolute Gasteiger partial charge is 0.376 e. The smallest absolute Gasteiger partial charge is 0.230 e. The average molecular weight is 269 g/mol. The molecule has 1 aliphatic heterocycles. The summed E-state index contributed by atoms with van der Waals surface area (Å²) in [6.07, 6.45) is 2.26. The molecule has 0 aromatic heterocycles. The molecule has 0 bridgehead atoms. The van der Waals surface area contributed by atoms with Gasteiger partial charge in [0.15, 0.2) is 0 Å². The lowest BCUT2D eigenvalue weighted by molar-refractivity contribution is -0.119. The maximum Gasteiger partial charge on any atom is 0.230 e. The molecule has 1 amide bonds. The summed E-state index contributed by atoms with van der Waals surface area (Å²) in [7, 11) is 0. The van der Waals surface area contributed by atoms with Gasteiger partial charge in [-0.25, -0.2) is 4.39 Å². The molecule has 1 aliphatic rings. The van der Waals surface area contributed by atoms with E-state index in [0.29, 0.717) is 12.3 Å². The molecule has 18 heavy (non-hydrogen) atoms. The summed E-state index contributed by atoms with van der Waals surface area (Å²) >= 11 is 1.40. The number of benzene rings is 1. The average Bonchev–Trinajstić information content (AvgIpc) is 2.89. The number of rotatable bonds is 5. The first kappa shape index (κ1) is 13.4. The standard InChI is InChI=1S/C13H16FNO2S/c14-10-3-5-12(6-4-10)18-9-13(16)15-8-11-2-1-7-17-11/h3-6,11H,1-2,7-9H2,(H,15,16). The van der Waals surface area contributed by atoms with Crippen molar-refractivity contribution >= 4 is 17.7 Å². The molecule has 1 atom stereocenters. The van der Waals surface area contributed by atoms with Crippen LogP contribution >= 0.6 is 11.8 Å². The third-order valence-corrected chi connectivity index (χ3v) is 3.75. The molecule has 0 aliphatic carbocycles. The second-order valence-corrected chi connectivity index (χ2v) is 5.23. The van der Waals surface area contributed by atoms with Gasteiger partial charge in [-0.15, -0.1) is 11.8 Å². The zero-order chi connectivity index (χ0) is 12.8. The Morgan fingerprint density at radius 2 is 2.22 bits per heavy atom. The third-order valence-electron chi connectivity index (χ3n) is 2.73. The molecule has 1 aromatic carbocycles. The van der Waals surface area contributed by atoms with Gasteiger partial charge in [0.05, 0.1) is 11.9 Å². The zero-order valence-electron chi connectivity index (χ0n) is 10.0. The van der Waals surface area contributed by atoms with Gasteiger partial charge in [0.2, 0.25) is 5.91 Å². The van der Waals surface area contributed by atoms with Crippen LogP contribution < -0.4 is 5.32 Å². The Bertz CT molecular complexity index is 390. The topological polar surface area (TPSA) is 38.3 Å². The van der Waals surface area contributed by atoms with Gasteiger partial charge in [-0.3, -0.25) is 4.79 Å². The fourth-order valence-electron chi connectivity index (χ4n) is 1.76. The molecular formula is C13H16FNO2S. The van der Waals surface area contributed by atoms with Crippen LogP contribution in [0.1, 0.15) is 12.8 Å². The van der Waals surface area contributed by atoms with Crippen LogP contribution in [0.4, 0.5) is 4.39 Å². The van der Waals surface area contributed by atoms with E-state index in [0.717, 1.165) is 24.3 Å². The highest BCUT2D eigenvalue weighted by Crippen LogP contribution is 2.17. The van der Waals surface area contributed by atoms with Crippen LogP contribution in [0.5, 0.6) is 0 Å². The summed E-state index contributed by atoms with van der Waals surface area (Å²) in [5, 5.41) is 2.85. The third kappa shape index (κ3) is 4.31. The summed E-state index contributed by atoms with van der Waals surface area (Å²) in [4.78, 5) is 12.5. The molecule has 0 radical (unpaired) electrons. The molecule has 98 valence electrons. The van der Waals surface area contributed by atoms with E-state index in [9.17, 15) is 9.18 Å². The molecule has 1 unspecified atom stereocenters. The lowest BCUT2D eigenvalue weighted by atomic mass is 10.2. The fraction of sp³-hybridized carbons (Fsp3) is 0.462. The molecule has 5 heteroatoms. The van der Waals surface area contributed by atoms with E-state index in [1.54, 1.807) is 12.1 Å². The highest BCUT2D eigenvalue weighted by atomic mass is 32.2. The van der Waals surface area contributed by atoms with E-state index in [4.69, 9.17) is 4.74 Å². The van der Waals surface area contributed by atoms with Crippen molar-refractivity contribution in [3.05, 3.63) is 30.1 Å². The minimum atomic E-state index is -0.262. The van der Waals surface area contributed by atoms with Gasteiger partial charge < -0.3 is 10.1 Å². The minimum absolute atomic E-state index is 0.0141. The molecule has 1 fully saturated rings. The Morgan fingerprint density at radius 3 is 2.89 bits per heavy atom. The van der Waals surface area contributed by atoms with Crippen molar-refractivity contribution in [2.75, 3.05) is 18.9 Å². The van der Waals surface area contributed by atoms with Crippen LogP contribution in [0.2, 0.25) is 0 Å². The molecule has 1 saturated heterocycles. The Balaban J connectivity index is 1.66. The van der Waals surface area contributed by atoms with Gasteiger partial charge in [-0.05, 0) is 37.1 Å². The fourth-order valence-corrected chi connectivity index (χ4v) is 2.49. The maximum atomic E-state index is 12.7. The number of carbonyl (C=O) groups is 1. The Morgan fingerprint density at radius 1 is 1.44 bits per heavy atom. The van der Waals surface area contributed by atoms with E-state index in [1.807, 2.05) is 0 Å². The number of hydrogen-bond acceptors (Lipinski definition) is 3. The van der Waals surface area contributed by atoms with Gasteiger partial charge in [-0.1, -0.05) is 0 Å². The summed E-state index contributed by atoms with van der Waals surface area (Å²) in [6, 6.07) is 6.14. The van der Waals surface area contributed by atoms with Crippen molar-refractivity contribution in [1.29, 1.82) is 0 Å². The van der Waals surface area contributed by atoms with Crippen LogP contribution in [-0.2, 0) is 9.53 Å². The van der Waals surface area contributed by atoms with Crippen molar-refractivity contribution < 1.29 is 13.9 Å². The molecular weight excluding hydrogens is 253 g/mol. The quantitative estimate of drug-likeness (QED) is 0.833. The zero-order valence-corrected chi connectivity index (χ0v) is 10.8. The first-order chi connectivity index (χ1) is 8.74. The predicted octanol–water partition coefficient (Wildman–Crippen LogP) is 2.21. The molecule has 1 heterocycles. The predicted molar refractivity (Wildman–Crippen MR) is 69.1 cm³/mol. The lowest BCUT2D eigenvalue weighted by Gasteiger charge is -2.10. The van der Waals surface area contributed by atoms with Crippen molar-refractivity contribution in [3.8, 4) is 0 Å². The van der Waals surface area contributed by atoms with E-state index in [-0.39, 0.29) is 17.8 Å². The van der Waals surface area contributed by atoms with E-state index >= 15 is 0 Å². The molecule has 0 saturated carbocycles. The van der Waals surface area contributed by atoms with E-state index < -0.39 is 0 Å². The SMILES string of the molecule is O=C(CSc1ccc(F)cc1)NCC1CCCO1. The van der Waals surface area contributed by atoms with Crippen LogP contribution in [0, 0.1) is 5.82 Å². The molecule has 1 N–H and O–H groups in total. The lowest BCUT2D eigenvalue weighted by Crippen LogP contribution is -2.32. The molecule has 0 spiro atoms. The summed E-state index contributed by atoms with van der Waals surface area (Å²) < 4.78 is 18.1. The first-order valence-corrected chi connectivity index (χ1v) is 6.99. The van der Waals surface area contributed by atoms with Crippen LogP contribution in [0.15, 0.2) is 29.2 Å². The molecule has 1 aromatic rings. The normalized spacial score (nSPS) is 18.8. The number of carbonyl (C=O) groups excluding carboxylic acids is 1. The molecule has 2 rings (SSSR count). The number of halogens is 1. The highest BCUT2D eigenvalue weighted by Gasteiger charge is 2.15. The van der Waals surface area contributed by atoms with Crippen LogP contribution in [-0.4, -0.2) is 30.9 Å². The van der Waals surface area contributed by atoms with Gasteiger partial charge >= 0.3 is 0 Å². The highest BCUT2D eigenvalue weighted by molar-refractivity contribution is 8.00. The number of nitrogens with one attached hydrogen (secondary N) is 1. The second kappa shape index (κ2) is 6.75. The van der Waals surface area contributed by atoms with Crippen molar-refractivity contribution in [1.82, 2.24) is 5.32 Å². The van der Waals surface area contributed by atoms with Gasteiger partial charge in [0, 0.05) is 18.0 Å². The minimum Gasteiger partial charge on any atom is -0.376 e. The number of amides is 1. The van der Waals surface area contributed by atoms with E-state index in [2.05, 4.69) is 5.32 Å². The maximum absolute atomic E-state index is 12.7. The monoisotopic (exact) mass is 269 g/mol. The number of ether oxygens (including phenoxy) is 1. The number of thioether (sulfide) groups is 1. The number of hydrogen-bond donors (Lipinski definition) is 1. The van der Waals surface area contributed by atoms with Gasteiger partial charge in [-0.2, -0.15) is 0 Å². The van der Waals surface area contributed by atoms with Crippen molar-refractivity contribution in [3.63, 3.8) is 0 Å². The summed E-state index contributed by atoms with van der Waals surface area (Å²) in [5.41, 5.74) is 0.